The molecule has 0 amide bonds. The van der Waals surface area contributed by atoms with E-state index in [1.165, 1.54) is 13.1 Å². The molecule has 2 aliphatic rings. The van der Waals surface area contributed by atoms with Gasteiger partial charge in [-0.05, 0) is 36.4 Å². The van der Waals surface area contributed by atoms with Gasteiger partial charge in [-0.15, -0.1) is 8.81 Å². The Bertz CT molecular complexity index is 747. The lowest BCUT2D eigenvalue weighted by atomic mass is 10.2. The van der Waals surface area contributed by atoms with Gasteiger partial charge in [0.15, 0.2) is 0 Å². The third kappa shape index (κ3) is 1.79. The van der Waals surface area contributed by atoms with Crippen molar-refractivity contribution in [2.45, 2.75) is 16.7 Å². The Kier molecular flexibility index (Phi) is 2.86. The van der Waals surface area contributed by atoms with Crippen molar-refractivity contribution in [3.63, 3.8) is 0 Å². The maximum atomic E-state index is 12.5. The number of hydrazone groups is 1. The number of sulfonamides is 1. The van der Waals surface area contributed by atoms with Crippen LogP contribution in [0.25, 0.3) is 0 Å². The van der Waals surface area contributed by atoms with Gasteiger partial charge in [-0.1, -0.05) is 11.6 Å². The van der Waals surface area contributed by atoms with Crippen LogP contribution in [0, 0.1) is 6.92 Å². The summed E-state index contributed by atoms with van der Waals surface area (Å²) in [5.41, 5.74) is 0.656. The number of nitrogens with zero attached hydrogens (tertiary/aromatic N) is 3. The van der Waals surface area contributed by atoms with Gasteiger partial charge in [-0.3, -0.25) is 0 Å². The average molecular weight is 338 g/mol. The van der Waals surface area contributed by atoms with Crippen molar-refractivity contribution in [3.8, 4) is 0 Å². The molecule has 19 heavy (non-hydrogen) atoms. The van der Waals surface area contributed by atoms with E-state index in [1.54, 1.807) is 13.0 Å². The van der Waals surface area contributed by atoms with E-state index in [0.717, 1.165) is 19.9 Å². The lowest BCUT2D eigenvalue weighted by molar-refractivity contribution is 0.549. The standard InChI is InChI=1S/C9H8ClN3O3S3/c1-5-3-8-7(4-6(5)10)17-9-11-12(2)18(14)13(9)19(8,15)16/h3-4H,1-2H3. The average Bonchev–Trinajstić information content (AvgIpc) is 2.59. The Morgan fingerprint density at radius 2 is 2.11 bits per heavy atom. The lowest BCUT2D eigenvalue weighted by Gasteiger charge is -2.24. The van der Waals surface area contributed by atoms with Gasteiger partial charge in [0, 0.05) is 17.0 Å². The van der Waals surface area contributed by atoms with Crippen molar-refractivity contribution < 1.29 is 12.6 Å². The largest absolute Gasteiger partial charge is 0.279 e. The fourth-order valence-electron chi connectivity index (χ4n) is 1.72. The van der Waals surface area contributed by atoms with Crippen LogP contribution in [0.5, 0.6) is 0 Å². The maximum absolute atomic E-state index is 12.5. The lowest BCUT2D eigenvalue weighted by Crippen LogP contribution is -2.38. The monoisotopic (exact) mass is 337 g/mol. The van der Waals surface area contributed by atoms with Gasteiger partial charge >= 0.3 is 0 Å². The molecule has 10 heteroatoms. The van der Waals surface area contributed by atoms with Crippen molar-refractivity contribution in [3.05, 3.63) is 22.7 Å². The highest BCUT2D eigenvalue weighted by atomic mass is 35.5. The molecule has 0 aliphatic carbocycles. The Balaban J connectivity index is 2.28. The highest BCUT2D eigenvalue weighted by molar-refractivity contribution is 8.18. The Morgan fingerprint density at radius 1 is 1.42 bits per heavy atom. The number of hydrogen-bond donors (Lipinski definition) is 0. The van der Waals surface area contributed by atoms with Crippen LogP contribution in [-0.4, -0.2) is 33.0 Å². The summed E-state index contributed by atoms with van der Waals surface area (Å²) in [5.74, 6) is 0. The number of amidine groups is 1. The second-order valence-corrected chi connectivity index (χ2v) is 8.72. The summed E-state index contributed by atoms with van der Waals surface area (Å²) in [6, 6.07) is 3.09. The first-order valence-electron chi connectivity index (χ1n) is 5.10. The number of fused-ring (bicyclic) bond motifs is 2. The van der Waals surface area contributed by atoms with Crippen LogP contribution in [0.3, 0.4) is 0 Å². The Labute approximate surface area is 122 Å². The van der Waals surface area contributed by atoms with Gasteiger partial charge in [0.2, 0.25) is 5.17 Å². The second-order valence-electron chi connectivity index (χ2n) is 3.96. The van der Waals surface area contributed by atoms with E-state index >= 15 is 0 Å². The highest BCUT2D eigenvalue weighted by Gasteiger charge is 2.45. The number of hydrogen-bond acceptors (Lipinski definition) is 5. The second kappa shape index (κ2) is 4.11. The Hall–Kier alpha value is -0.770. The highest BCUT2D eigenvalue weighted by Crippen LogP contribution is 2.42. The number of halogens is 1. The molecular weight excluding hydrogens is 330 g/mol. The van der Waals surface area contributed by atoms with E-state index in [0.29, 0.717) is 15.5 Å². The summed E-state index contributed by atoms with van der Waals surface area (Å²) in [4.78, 5) is 0.611. The smallest absolute Gasteiger partial charge is 0.210 e. The molecule has 0 fully saturated rings. The van der Waals surface area contributed by atoms with E-state index in [1.807, 2.05) is 0 Å². The summed E-state index contributed by atoms with van der Waals surface area (Å²) < 4.78 is 38.8. The van der Waals surface area contributed by atoms with Gasteiger partial charge < -0.3 is 0 Å². The van der Waals surface area contributed by atoms with E-state index in [9.17, 15) is 12.6 Å². The fourth-order valence-corrected chi connectivity index (χ4v) is 6.71. The molecule has 1 aromatic rings. The summed E-state index contributed by atoms with van der Waals surface area (Å²) in [7, 11) is -2.40. The molecule has 1 aromatic carbocycles. The van der Waals surface area contributed by atoms with Gasteiger partial charge in [0.25, 0.3) is 21.2 Å². The van der Waals surface area contributed by atoms with Gasteiger partial charge in [-0.2, -0.15) is 12.8 Å². The first kappa shape index (κ1) is 13.2. The first-order valence-corrected chi connectivity index (χ1v) is 8.80. The molecule has 0 spiro atoms. The molecule has 2 heterocycles. The van der Waals surface area contributed by atoms with Crippen molar-refractivity contribution >= 4 is 49.7 Å². The van der Waals surface area contributed by atoms with Crippen molar-refractivity contribution in [2.75, 3.05) is 7.05 Å². The zero-order chi connectivity index (χ0) is 13.9. The van der Waals surface area contributed by atoms with E-state index < -0.39 is 21.2 Å². The minimum absolute atomic E-state index is 0.113. The van der Waals surface area contributed by atoms with Crippen LogP contribution >= 0.6 is 23.4 Å². The molecule has 2 aliphatic heterocycles. The van der Waals surface area contributed by atoms with Crippen LogP contribution < -0.4 is 0 Å². The van der Waals surface area contributed by atoms with Crippen LogP contribution in [0.2, 0.25) is 5.02 Å². The molecular formula is C9H8ClN3O3S3. The van der Waals surface area contributed by atoms with Crippen LogP contribution in [-0.2, 0) is 21.2 Å². The minimum atomic E-state index is -3.86. The van der Waals surface area contributed by atoms with E-state index in [4.69, 9.17) is 11.6 Å². The maximum Gasteiger partial charge on any atom is 0.279 e. The normalized spacial score (nSPS) is 23.9. The molecule has 0 saturated heterocycles. The van der Waals surface area contributed by atoms with Crippen LogP contribution in [0.15, 0.2) is 27.0 Å². The van der Waals surface area contributed by atoms with Gasteiger partial charge in [0.05, 0.1) is 0 Å². The molecule has 0 bridgehead atoms. The molecule has 0 N–H and O–H groups in total. The number of rotatable bonds is 0. The molecule has 0 aromatic heterocycles. The molecule has 6 nitrogen and oxygen atoms in total. The van der Waals surface area contributed by atoms with Crippen LogP contribution in [0.1, 0.15) is 5.56 Å². The number of benzene rings is 1. The number of aryl methyl sites for hydroxylation is 1. The van der Waals surface area contributed by atoms with E-state index in [-0.39, 0.29) is 10.1 Å². The molecule has 3 rings (SSSR count). The third-order valence-electron chi connectivity index (χ3n) is 2.67. The molecule has 1 atom stereocenters. The van der Waals surface area contributed by atoms with Crippen molar-refractivity contribution in [2.24, 2.45) is 5.10 Å². The molecule has 0 saturated carbocycles. The Morgan fingerprint density at radius 3 is 2.79 bits per heavy atom. The molecule has 1 unspecified atom stereocenters. The topological polar surface area (TPSA) is 70.1 Å². The zero-order valence-corrected chi connectivity index (χ0v) is 13.0. The predicted octanol–water partition coefficient (Wildman–Crippen LogP) is 1.54. The zero-order valence-electron chi connectivity index (χ0n) is 9.82. The summed E-state index contributed by atoms with van der Waals surface area (Å²) >= 11 is 5.29. The van der Waals surface area contributed by atoms with E-state index in [2.05, 4.69) is 5.10 Å². The third-order valence-corrected chi connectivity index (χ3v) is 7.91. The first-order chi connectivity index (χ1) is 8.82. The summed E-state index contributed by atoms with van der Waals surface area (Å²) in [6.45, 7) is 1.72. The molecule has 0 radical (unpaired) electrons. The summed E-state index contributed by atoms with van der Waals surface area (Å²) in [6.07, 6.45) is 0. The quantitative estimate of drug-likeness (QED) is 0.720. The minimum Gasteiger partial charge on any atom is -0.210 e. The van der Waals surface area contributed by atoms with Crippen molar-refractivity contribution in [1.82, 2.24) is 8.12 Å². The van der Waals surface area contributed by atoms with Crippen LogP contribution in [0.4, 0.5) is 0 Å². The summed E-state index contributed by atoms with van der Waals surface area (Å²) in [5, 5.41) is 4.62. The SMILES string of the molecule is Cc1cc2c(cc1Cl)SC1=NN(C)S(=O)N1S2(=O)=O. The predicted molar refractivity (Wildman–Crippen MR) is 74.4 cm³/mol. The fraction of sp³-hybridized carbons (Fsp3) is 0.222. The molecule has 102 valence electrons. The number of thioether (sulfide) groups is 1. The van der Waals surface area contributed by atoms with Gasteiger partial charge in [-0.25, -0.2) is 4.21 Å². The van der Waals surface area contributed by atoms with Gasteiger partial charge in [0.1, 0.15) is 4.90 Å². The van der Waals surface area contributed by atoms with Crippen molar-refractivity contribution in [1.29, 1.82) is 0 Å².